The molecule has 0 saturated carbocycles. The van der Waals surface area contributed by atoms with E-state index in [1.165, 1.54) is 36.2 Å². The molecule has 4 heteroatoms. The summed E-state index contributed by atoms with van der Waals surface area (Å²) in [6.07, 6.45) is 2.63. The monoisotopic (exact) mass is 967 g/mol. The summed E-state index contributed by atoms with van der Waals surface area (Å²) in [5, 5.41) is 5.40. The SMILES string of the molecule is [2H]C([2H])([2H])c1c[c-]c(-c2ccc(C([2H])([2H])[2H])cn2)cc1.[2H]C([2H])([2H])c1cnc(-c2[c-]ccc3c2oc2c4ccccc4ccc32)cc1-c1cc2ccc(-c3ccc(C(C)(C)C)cc3)cc2cc1C([2H])([2H])[2H].[Ir]. The Bertz CT molecular complexity index is 3550. The number of pyridine rings is 2. The summed E-state index contributed by atoms with van der Waals surface area (Å²) in [6, 6.07) is 49.1. The molecule has 0 spiro atoms. The maximum atomic E-state index is 8.57. The maximum absolute atomic E-state index is 8.57. The van der Waals surface area contributed by atoms with Gasteiger partial charge in [0.1, 0.15) is 5.58 Å². The Kier molecular flexibility index (Phi) is 7.76. The smallest absolute Gasteiger partial charge is 0.128 e. The number of nitrogens with zero attached hydrogens (tertiary/aromatic N) is 2. The summed E-state index contributed by atoms with van der Waals surface area (Å²) in [7, 11) is 0. The number of fused-ring (bicyclic) bond motifs is 6. The van der Waals surface area contributed by atoms with Crippen LogP contribution in [-0.2, 0) is 25.5 Å². The van der Waals surface area contributed by atoms with Crippen molar-refractivity contribution < 1.29 is 41.0 Å². The molecule has 0 atom stereocenters. The third kappa shape index (κ3) is 7.94. The van der Waals surface area contributed by atoms with E-state index >= 15 is 0 Å². The van der Waals surface area contributed by atoms with Gasteiger partial charge < -0.3 is 14.4 Å². The van der Waals surface area contributed by atoms with E-state index in [9.17, 15) is 0 Å². The predicted molar refractivity (Wildman–Crippen MR) is 248 cm³/mol. The Morgan fingerprint density at radius 2 is 1.30 bits per heavy atom. The van der Waals surface area contributed by atoms with E-state index in [1.807, 2.05) is 54.6 Å². The molecule has 0 fully saturated rings. The second-order valence-corrected chi connectivity index (χ2v) is 15.7. The largest absolute Gasteiger partial charge is 0.500 e. The fourth-order valence-corrected chi connectivity index (χ4v) is 7.47. The van der Waals surface area contributed by atoms with Crippen molar-refractivity contribution in [1.82, 2.24) is 9.97 Å². The van der Waals surface area contributed by atoms with Gasteiger partial charge in [-0.2, -0.15) is 0 Å². The van der Waals surface area contributed by atoms with Gasteiger partial charge in [-0.15, -0.1) is 53.6 Å². The molecule has 0 N–H and O–H groups in total. The van der Waals surface area contributed by atoms with Crippen LogP contribution < -0.4 is 0 Å². The third-order valence-corrected chi connectivity index (χ3v) is 10.7. The molecule has 0 aliphatic rings. The number of hydrogen-bond acceptors (Lipinski definition) is 3. The molecule has 0 aliphatic heterocycles. The summed E-state index contributed by atoms with van der Waals surface area (Å²) < 4.78 is 101. The van der Waals surface area contributed by atoms with Crippen molar-refractivity contribution in [3.63, 3.8) is 0 Å². The van der Waals surface area contributed by atoms with E-state index in [2.05, 4.69) is 73.2 Å². The van der Waals surface area contributed by atoms with Crippen LogP contribution in [0, 0.1) is 39.5 Å². The molecule has 0 aliphatic carbocycles. The molecule has 3 heterocycles. The average Bonchev–Trinajstić information content (AvgIpc) is 3.72. The topological polar surface area (TPSA) is 38.9 Å². The van der Waals surface area contributed by atoms with E-state index in [0.717, 1.165) is 49.0 Å². The minimum absolute atomic E-state index is 0. The molecule has 0 saturated heterocycles. The van der Waals surface area contributed by atoms with E-state index in [-0.39, 0.29) is 53.3 Å². The van der Waals surface area contributed by atoms with Crippen LogP contribution >= 0.6 is 0 Å². The first-order valence-corrected chi connectivity index (χ1v) is 19.3. The normalized spacial score (nSPS) is 15.2. The fraction of sp³-hybridized carbons (Fsp3) is 0.143. The number of hydrogen-bond donors (Lipinski definition) is 0. The Morgan fingerprint density at radius 1 is 0.550 bits per heavy atom. The first-order chi connectivity index (χ1) is 33.3. The Morgan fingerprint density at radius 3 is 2.05 bits per heavy atom. The van der Waals surface area contributed by atoms with Crippen molar-refractivity contribution in [3.05, 3.63) is 192 Å². The Balaban J connectivity index is 0.000000278. The summed E-state index contributed by atoms with van der Waals surface area (Å²) in [5.74, 6) is 0. The second kappa shape index (κ2) is 16.5. The molecule has 60 heavy (non-hydrogen) atoms. The van der Waals surface area contributed by atoms with Crippen LogP contribution in [0.4, 0.5) is 0 Å². The number of benzene rings is 7. The molecule has 1 radical (unpaired) electrons. The van der Waals surface area contributed by atoms with E-state index in [4.69, 9.17) is 20.9 Å². The van der Waals surface area contributed by atoms with Crippen molar-refractivity contribution in [1.29, 1.82) is 0 Å². The number of furan rings is 1. The zero-order valence-electron chi connectivity index (χ0n) is 45.1. The van der Waals surface area contributed by atoms with Crippen LogP contribution in [0.5, 0.6) is 0 Å². The van der Waals surface area contributed by atoms with Gasteiger partial charge in [0.15, 0.2) is 0 Å². The molecule has 0 unspecified atom stereocenters. The zero-order valence-corrected chi connectivity index (χ0v) is 35.5. The number of aromatic nitrogens is 2. The fourth-order valence-electron chi connectivity index (χ4n) is 7.47. The first kappa shape index (κ1) is 28.3. The minimum Gasteiger partial charge on any atom is -0.500 e. The molecule has 10 rings (SSSR count). The van der Waals surface area contributed by atoms with Gasteiger partial charge in [-0.3, -0.25) is 0 Å². The summed E-state index contributed by atoms with van der Waals surface area (Å²) >= 11 is 0. The van der Waals surface area contributed by atoms with Gasteiger partial charge in [0.05, 0.1) is 5.58 Å². The van der Waals surface area contributed by atoms with Gasteiger partial charge >= 0.3 is 0 Å². The minimum atomic E-state index is -2.56. The van der Waals surface area contributed by atoms with Crippen molar-refractivity contribution >= 4 is 43.5 Å². The van der Waals surface area contributed by atoms with Crippen molar-refractivity contribution in [3.8, 4) is 44.8 Å². The van der Waals surface area contributed by atoms with E-state index in [0.29, 0.717) is 33.7 Å². The van der Waals surface area contributed by atoms with Crippen LogP contribution in [0.1, 0.15) is 65.0 Å². The summed E-state index contributed by atoms with van der Waals surface area (Å²) in [6.45, 7) is -2.90. The van der Waals surface area contributed by atoms with Gasteiger partial charge in [0.2, 0.25) is 0 Å². The second-order valence-electron chi connectivity index (χ2n) is 15.7. The molecule has 0 bridgehead atoms. The van der Waals surface area contributed by atoms with Crippen molar-refractivity contribution in [2.75, 3.05) is 0 Å². The molecule has 7 aromatic carbocycles. The van der Waals surface area contributed by atoms with E-state index in [1.54, 1.807) is 36.4 Å². The van der Waals surface area contributed by atoms with Gasteiger partial charge in [-0.25, -0.2) is 0 Å². The molecule has 3 nitrogen and oxygen atoms in total. The Labute approximate surface area is 383 Å². The quantitative estimate of drug-likeness (QED) is 0.165. The van der Waals surface area contributed by atoms with Crippen LogP contribution in [-0.4, -0.2) is 9.97 Å². The van der Waals surface area contributed by atoms with E-state index < -0.39 is 27.4 Å². The van der Waals surface area contributed by atoms with Crippen molar-refractivity contribution in [2.24, 2.45) is 0 Å². The molecule has 297 valence electrons. The summed E-state index contributed by atoms with van der Waals surface area (Å²) in [4.78, 5) is 8.69. The maximum Gasteiger partial charge on any atom is 0.128 e. The van der Waals surface area contributed by atoms with Gasteiger partial charge in [0.25, 0.3) is 0 Å². The van der Waals surface area contributed by atoms with Crippen LogP contribution in [0.2, 0.25) is 0 Å². The predicted octanol–water partition coefficient (Wildman–Crippen LogP) is 15.2. The molecule has 10 aromatic rings. The number of aryl methyl sites for hydroxylation is 4. The third-order valence-electron chi connectivity index (χ3n) is 10.7. The average molecular weight is 967 g/mol. The van der Waals surface area contributed by atoms with Crippen molar-refractivity contribution in [2.45, 2.75) is 53.6 Å². The molecular formula is C56H46IrN2O-2. The zero-order chi connectivity index (χ0) is 50.8. The first-order valence-electron chi connectivity index (χ1n) is 25.3. The van der Waals surface area contributed by atoms with Crippen LogP contribution in [0.15, 0.2) is 156 Å². The Hall–Kier alpha value is -6.19. The number of rotatable bonds is 4. The van der Waals surface area contributed by atoms with Crippen LogP contribution in [0.25, 0.3) is 88.3 Å². The van der Waals surface area contributed by atoms with Gasteiger partial charge in [0, 0.05) is 59.7 Å². The molecular weight excluding hydrogens is 909 g/mol. The van der Waals surface area contributed by atoms with Gasteiger partial charge in [-0.1, -0.05) is 136 Å². The van der Waals surface area contributed by atoms with Crippen LogP contribution in [0.3, 0.4) is 0 Å². The molecule has 0 amide bonds. The van der Waals surface area contributed by atoms with Gasteiger partial charge in [-0.05, 0) is 110 Å². The standard InChI is InChI=1S/C43H34NO.C13H12N.Ir/c1-26-21-32-22-30(28-15-18-33(19-16-28)43(3,4)5)13-14-31(32)23-38(26)39-24-40(44-25-27(39)2)37-12-8-11-35-36-20-17-29-9-6-7-10-34(29)41(36)45-42(35)37;1-10-3-6-12(7-4-10)13-8-5-11(2)9-14-13;/h6-11,13-25H,1-5H3;3-6,8-9H,1-2H3;/q2*-1;/i2*1D3,2D3;. The molecule has 3 aromatic heterocycles. The summed E-state index contributed by atoms with van der Waals surface area (Å²) in [5.41, 5.74) is 7.72.